The first-order valence-electron chi connectivity index (χ1n) is 6.53. The molecule has 1 heterocycles. The zero-order valence-corrected chi connectivity index (χ0v) is 12.9. The van der Waals surface area contributed by atoms with E-state index in [1.54, 1.807) is 39.0 Å². The molecule has 7 heteroatoms. The van der Waals surface area contributed by atoms with Crippen molar-refractivity contribution in [1.82, 2.24) is 14.5 Å². The molecule has 2 aromatic rings. The number of nitrogens with one attached hydrogen (secondary N) is 1. The Morgan fingerprint density at radius 2 is 1.95 bits per heavy atom. The number of aryl methyl sites for hydroxylation is 2. The number of aromatic nitrogens is 2. The van der Waals surface area contributed by atoms with E-state index < -0.39 is 15.9 Å². The fourth-order valence-electron chi connectivity index (χ4n) is 2.09. The molecule has 2 rings (SSSR count). The molecule has 1 aromatic carbocycles. The molecule has 21 heavy (non-hydrogen) atoms. The number of hydrogen-bond donors (Lipinski definition) is 1. The lowest BCUT2D eigenvalue weighted by Gasteiger charge is -2.10. The molecule has 1 N–H and O–H groups in total. The summed E-state index contributed by atoms with van der Waals surface area (Å²) in [5.74, 6) is -0.460. The summed E-state index contributed by atoms with van der Waals surface area (Å²) >= 11 is 0. The van der Waals surface area contributed by atoms with E-state index in [4.69, 9.17) is 0 Å². The number of benzene rings is 1. The van der Waals surface area contributed by atoms with E-state index in [1.807, 2.05) is 0 Å². The zero-order chi connectivity index (χ0) is 15.6. The summed E-state index contributed by atoms with van der Waals surface area (Å²) < 4.78 is 28.0. The molecule has 112 valence electrons. The molecule has 0 radical (unpaired) electrons. The average Bonchev–Trinajstić information content (AvgIpc) is 2.77. The van der Waals surface area contributed by atoms with Crippen LogP contribution in [0.1, 0.15) is 28.7 Å². The molecule has 0 aliphatic heterocycles. The van der Waals surface area contributed by atoms with Gasteiger partial charge in [-0.1, -0.05) is 19.1 Å². The molecule has 0 saturated heterocycles. The van der Waals surface area contributed by atoms with E-state index in [9.17, 15) is 13.2 Å². The summed E-state index contributed by atoms with van der Waals surface area (Å²) in [7, 11) is -3.71. The molecule has 0 fully saturated rings. The zero-order valence-electron chi connectivity index (χ0n) is 12.1. The lowest BCUT2D eigenvalue weighted by molar-refractivity contribution is 0.0939. The Hall–Kier alpha value is -1.99. The predicted octanol–water partition coefficient (Wildman–Crippen LogP) is 1.49. The van der Waals surface area contributed by atoms with Crippen molar-refractivity contribution in [2.75, 3.05) is 6.54 Å². The molecule has 0 unspecified atom stereocenters. The summed E-state index contributed by atoms with van der Waals surface area (Å²) in [6, 6.07) is 7.88. The van der Waals surface area contributed by atoms with Gasteiger partial charge in [-0.15, -0.1) is 0 Å². The predicted molar refractivity (Wildman–Crippen MR) is 78.7 cm³/mol. The highest BCUT2D eigenvalue weighted by Crippen LogP contribution is 2.17. The monoisotopic (exact) mass is 307 g/mol. The third-order valence-corrected chi connectivity index (χ3v) is 4.55. The molecule has 6 nitrogen and oxygen atoms in total. The number of rotatable bonds is 4. The van der Waals surface area contributed by atoms with Crippen molar-refractivity contribution in [3.05, 3.63) is 47.3 Å². The van der Waals surface area contributed by atoms with Crippen molar-refractivity contribution in [2.45, 2.75) is 25.7 Å². The fourth-order valence-corrected chi connectivity index (χ4v) is 3.33. The standard InChI is InChI=1S/C14H17N3O3S/c1-4-15-21(19,20)13-8-6-5-7-12(13)14(18)17-11(3)9-10(2)16-17/h5-9,15H,4H2,1-3H3. The van der Waals surface area contributed by atoms with Crippen molar-refractivity contribution in [3.63, 3.8) is 0 Å². The van der Waals surface area contributed by atoms with Gasteiger partial charge < -0.3 is 0 Å². The van der Waals surface area contributed by atoms with Gasteiger partial charge in [0.15, 0.2) is 0 Å². The van der Waals surface area contributed by atoms with Gasteiger partial charge in [-0.05, 0) is 32.0 Å². The van der Waals surface area contributed by atoms with Gasteiger partial charge in [0.1, 0.15) is 0 Å². The highest BCUT2D eigenvalue weighted by Gasteiger charge is 2.23. The van der Waals surface area contributed by atoms with Crippen LogP contribution in [0, 0.1) is 13.8 Å². The van der Waals surface area contributed by atoms with Crippen LogP contribution < -0.4 is 4.72 Å². The number of nitrogens with zero attached hydrogens (tertiary/aromatic N) is 2. The van der Waals surface area contributed by atoms with Crippen molar-refractivity contribution >= 4 is 15.9 Å². The van der Waals surface area contributed by atoms with Gasteiger partial charge in [0.2, 0.25) is 10.0 Å². The first kappa shape index (κ1) is 15.4. The Kier molecular flexibility index (Phi) is 4.24. The largest absolute Gasteiger partial charge is 0.279 e. The summed E-state index contributed by atoms with van der Waals surface area (Å²) in [6.07, 6.45) is 0. The van der Waals surface area contributed by atoms with Crippen LogP contribution in [0.3, 0.4) is 0 Å². The van der Waals surface area contributed by atoms with E-state index in [2.05, 4.69) is 9.82 Å². The first-order valence-corrected chi connectivity index (χ1v) is 8.02. The number of carbonyl (C=O) groups is 1. The lowest BCUT2D eigenvalue weighted by Crippen LogP contribution is -2.26. The minimum absolute atomic E-state index is 0.0376. The molecule has 0 atom stereocenters. The number of carbonyl (C=O) groups excluding carboxylic acids is 1. The molecule has 0 aliphatic rings. The third-order valence-electron chi connectivity index (χ3n) is 2.94. The van der Waals surface area contributed by atoms with Gasteiger partial charge in [0.05, 0.1) is 16.2 Å². The second-order valence-corrected chi connectivity index (χ2v) is 6.38. The maximum Gasteiger partial charge on any atom is 0.279 e. The van der Waals surface area contributed by atoms with Crippen LogP contribution in [-0.2, 0) is 10.0 Å². The van der Waals surface area contributed by atoms with Crippen LogP contribution in [0.2, 0.25) is 0 Å². The SMILES string of the molecule is CCNS(=O)(=O)c1ccccc1C(=O)n1nc(C)cc1C. The van der Waals surface area contributed by atoms with E-state index in [0.717, 1.165) is 0 Å². The topological polar surface area (TPSA) is 81.1 Å². The highest BCUT2D eigenvalue weighted by atomic mass is 32.2. The van der Waals surface area contributed by atoms with Gasteiger partial charge in [-0.3, -0.25) is 4.79 Å². The van der Waals surface area contributed by atoms with E-state index in [-0.39, 0.29) is 17.0 Å². The summed E-state index contributed by atoms with van der Waals surface area (Å²) in [5, 5.41) is 4.11. The van der Waals surface area contributed by atoms with Gasteiger partial charge in [-0.2, -0.15) is 5.10 Å². The number of hydrogen-bond acceptors (Lipinski definition) is 4. The van der Waals surface area contributed by atoms with Crippen LogP contribution in [-0.4, -0.2) is 30.7 Å². The number of sulfonamides is 1. The molecule has 0 aliphatic carbocycles. The molecule has 0 amide bonds. The van der Waals surface area contributed by atoms with Crippen molar-refractivity contribution in [3.8, 4) is 0 Å². The first-order chi connectivity index (χ1) is 9.86. The smallest absolute Gasteiger partial charge is 0.267 e. The van der Waals surface area contributed by atoms with Crippen LogP contribution >= 0.6 is 0 Å². The Morgan fingerprint density at radius 1 is 1.29 bits per heavy atom. The van der Waals surface area contributed by atoms with Crippen LogP contribution in [0.15, 0.2) is 35.2 Å². The minimum atomic E-state index is -3.71. The minimum Gasteiger partial charge on any atom is -0.267 e. The molecular formula is C14H17N3O3S. The quantitative estimate of drug-likeness (QED) is 0.928. The molecular weight excluding hydrogens is 290 g/mol. The van der Waals surface area contributed by atoms with Crippen molar-refractivity contribution in [2.24, 2.45) is 0 Å². The Bertz CT molecular complexity index is 779. The Labute approximate surface area is 123 Å². The normalized spacial score (nSPS) is 11.6. The maximum atomic E-state index is 12.6. The second-order valence-electron chi connectivity index (χ2n) is 4.64. The lowest BCUT2D eigenvalue weighted by atomic mass is 10.2. The molecule has 0 bridgehead atoms. The summed E-state index contributed by atoms with van der Waals surface area (Å²) in [6.45, 7) is 5.46. The van der Waals surface area contributed by atoms with Gasteiger partial charge in [0, 0.05) is 12.2 Å². The van der Waals surface area contributed by atoms with E-state index >= 15 is 0 Å². The molecule has 0 saturated carbocycles. The van der Waals surface area contributed by atoms with Crippen LogP contribution in [0.5, 0.6) is 0 Å². The fraction of sp³-hybridized carbons (Fsp3) is 0.286. The van der Waals surface area contributed by atoms with Crippen molar-refractivity contribution in [1.29, 1.82) is 0 Å². The van der Waals surface area contributed by atoms with E-state index in [1.165, 1.54) is 16.8 Å². The highest BCUT2D eigenvalue weighted by molar-refractivity contribution is 7.89. The third kappa shape index (κ3) is 3.03. The Morgan fingerprint density at radius 3 is 2.52 bits per heavy atom. The average molecular weight is 307 g/mol. The van der Waals surface area contributed by atoms with Gasteiger partial charge in [0.25, 0.3) is 5.91 Å². The van der Waals surface area contributed by atoms with Crippen LogP contribution in [0.4, 0.5) is 0 Å². The summed E-state index contributed by atoms with van der Waals surface area (Å²) in [5.41, 5.74) is 1.46. The second kappa shape index (κ2) is 5.79. The van der Waals surface area contributed by atoms with Crippen molar-refractivity contribution < 1.29 is 13.2 Å². The summed E-state index contributed by atoms with van der Waals surface area (Å²) in [4.78, 5) is 12.5. The van der Waals surface area contributed by atoms with Gasteiger partial charge >= 0.3 is 0 Å². The molecule has 1 aromatic heterocycles. The van der Waals surface area contributed by atoms with Crippen LogP contribution in [0.25, 0.3) is 0 Å². The Balaban J connectivity index is 2.55. The van der Waals surface area contributed by atoms with E-state index in [0.29, 0.717) is 11.4 Å². The molecule has 0 spiro atoms. The van der Waals surface area contributed by atoms with Gasteiger partial charge in [-0.25, -0.2) is 17.8 Å². The maximum absolute atomic E-state index is 12.6.